The molecule has 2 unspecified atom stereocenters. The minimum Gasteiger partial charge on any atom is -0.429 e. The largest absolute Gasteiger partial charge is 0.509 e. The zero-order chi connectivity index (χ0) is 16.1. The molecule has 0 aliphatic heterocycles. The van der Waals surface area contributed by atoms with Crippen molar-refractivity contribution in [3.05, 3.63) is 12.2 Å². The number of allylic oxidation sites excluding steroid dienone is 1. The molecule has 0 aromatic heterocycles. The van der Waals surface area contributed by atoms with Gasteiger partial charge in [-0.1, -0.05) is 12.5 Å². The van der Waals surface area contributed by atoms with Crippen LogP contribution in [-0.4, -0.2) is 29.6 Å². The molecule has 1 rings (SSSR count). The van der Waals surface area contributed by atoms with Crippen LogP contribution in [0.15, 0.2) is 12.2 Å². The number of carbonyl (C=O) groups is 1. The van der Waals surface area contributed by atoms with Crippen molar-refractivity contribution in [3.8, 4) is 0 Å². The van der Waals surface area contributed by atoms with E-state index in [1.165, 1.54) is 0 Å². The quantitative estimate of drug-likeness (QED) is 0.551. The molecule has 0 aromatic carbocycles. The Morgan fingerprint density at radius 3 is 2.29 bits per heavy atom. The van der Waals surface area contributed by atoms with Crippen LogP contribution in [-0.2, 0) is 14.2 Å². The Morgan fingerprint density at radius 1 is 1.05 bits per heavy atom. The Kier molecular flexibility index (Phi) is 6.26. The topological polar surface area (TPSA) is 44.8 Å². The summed E-state index contributed by atoms with van der Waals surface area (Å²) in [6.45, 7) is 11.5. The van der Waals surface area contributed by atoms with E-state index in [0.717, 1.165) is 25.7 Å². The zero-order valence-corrected chi connectivity index (χ0v) is 14.3. The van der Waals surface area contributed by atoms with Crippen molar-refractivity contribution in [1.82, 2.24) is 0 Å². The molecule has 122 valence electrons. The average molecular weight is 298 g/mol. The van der Waals surface area contributed by atoms with E-state index in [1.807, 2.05) is 47.6 Å². The summed E-state index contributed by atoms with van der Waals surface area (Å²) in [4.78, 5) is 11.9. The van der Waals surface area contributed by atoms with Gasteiger partial charge in [-0.15, -0.1) is 0 Å². The van der Waals surface area contributed by atoms with Crippen molar-refractivity contribution in [3.63, 3.8) is 0 Å². The van der Waals surface area contributed by atoms with Gasteiger partial charge in [-0.05, 0) is 66.9 Å². The van der Waals surface area contributed by atoms with Gasteiger partial charge < -0.3 is 14.2 Å². The fourth-order valence-electron chi connectivity index (χ4n) is 2.21. The van der Waals surface area contributed by atoms with E-state index in [-0.39, 0.29) is 17.8 Å². The minimum absolute atomic E-state index is 0.130. The van der Waals surface area contributed by atoms with E-state index >= 15 is 0 Å². The number of hydrogen-bond acceptors (Lipinski definition) is 4. The Balaban J connectivity index is 2.74. The van der Waals surface area contributed by atoms with Gasteiger partial charge in [0.05, 0.1) is 11.7 Å². The summed E-state index contributed by atoms with van der Waals surface area (Å²) in [5, 5.41) is 0. The third-order valence-corrected chi connectivity index (χ3v) is 2.93. The van der Waals surface area contributed by atoms with E-state index in [0.29, 0.717) is 0 Å². The second kappa shape index (κ2) is 7.30. The molecular formula is C17H30O4. The van der Waals surface area contributed by atoms with Crippen LogP contribution in [0, 0.1) is 0 Å². The molecule has 0 spiro atoms. The van der Waals surface area contributed by atoms with Crippen LogP contribution in [0.25, 0.3) is 0 Å². The molecule has 4 heteroatoms. The lowest BCUT2D eigenvalue weighted by Gasteiger charge is -2.32. The summed E-state index contributed by atoms with van der Waals surface area (Å²) in [7, 11) is 0. The smallest absolute Gasteiger partial charge is 0.429 e. The molecule has 0 amide bonds. The molecule has 0 saturated carbocycles. The van der Waals surface area contributed by atoms with E-state index in [1.54, 1.807) is 0 Å². The highest BCUT2D eigenvalue weighted by atomic mass is 16.7. The minimum atomic E-state index is -0.639. The molecule has 0 saturated heterocycles. The molecule has 0 N–H and O–H groups in total. The Morgan fingerprint density at radius 2 is 1.71 bits per heavy atom. The normalized spacial score (nSPS) is 25.6. The van der Waals surface area contributed by atoms with Gasteiger partial charge in [-0.25, -0.2) is 4.79 Å². The standard InChI is InChI=1S/C17H30O4/c1-16(2,3)20-14-12-10-8-7-9-11-13(14)19-15(18)21-17(4,5)6/h9,11,13-14H,7-8,10,12H2,1-6H3/b11-9+. The Bertz CT molecular complexity index is 360. The van der Waals surface area contributed by atoms with E-state index in [9.17, 15) is 4.79 Å². The third kappa shape index (κ3) is 8.10. The molecule has 0 aromatic rings. The van der Waals surface area contributed by atoms with Crippen LogP contribution in [0.4, 0.5) is 4.79 Å². The first-order valence-electron chi connectivity index (χ1n) is 7.81. The van der Waals surface area contributed by atoms with Gasteiger partial charge in [-0.3, -0.25) is 0 Å². The lowest BCUT2D eigenvalue weighted by molar-refractivity contribution is -0.117. The third-order valence-electron chi connectivity index (χ3n) is 2.93. The number of carbonyl (C=O) groups excluding carboxylic acids is 1. The second-order valence-electron chi connectivity index (χ2n) is 7.53. The van der Waals surface area contributed by atoms with Crippen LogP contribution in [0.3, 0.4) is 0 Å². The maximum Gasteiger partial charge on any atom is 0.509 e. The Hall–Kier alpha value is -1.03. The summed E-state index contributed by atoms with van der Waals surface area (Å²) in [5.74, 6) is 0. The predicted octanol–water partition coefficient (Wildman–Crippen LogP) is 4.62. The van der Waals surface area contributed by atoms with Crippen molar-refractivity contribution in [1.29, 1.82) is 0 Å². The maximum atomic E-state index is 11.9. The molecule has 0 bridgehead atoms. The van der Waals surface area contributed by atoms with Crippen LogP contribution < -0.4 is 0 Å². The lowest BCUT2D eigenvalue weighted by Crippen LogP contribution is -2.39. The summed E-state index contributed by atoms with van der Waals surface area (Å²) in [5.41, 5.74) is -0.823. The van der Waals surface area contributed by atoms with Gasteiger partial charge >= 0.3 is 6.16 Å². The zero-order valence-electron chi connectivity index (χ0n) is 14.3. The fourth-order valence-corrected chi connectivity index (χ4v) is 2.21. The number of rotatable bonds is 2. The van der Waals surface area contributed by atoms with Crippen LogP contribution in [0.2, 0.25) is 0 Å². The molecule has 2 atom stereocenters. The lowest BCUT2D eigenvalue weighted by atomic mass is 10.00. The van der Waals surface area contributed by atoms with Gasteiger partial charge in [0.25, 0.3) is 0 Å². The van der Waals surface area contributed by atoms with Crippen molar-refractivity contribution >= 4 is 6.16 Å². The predicted molar refractivity (Wildman–Crippen MR) is 83.3 cm³/mol. The molecular weight excluding hydrogens is 268 g/mol. The van der Waals surface area contributed by atoms with Gasteiger partial charge in [0.15, 0.2) is 0 Å². The average Bonchev–Trinajstić information content (AvgIpc) is 2.23. The highest BCUT2D eigenvalue weighted by Crippen LogP contribution is 2.24. The molecule has 0 radical (unpaired) electrons. The molecule has 0 fully saturated rings. The van der Waals surface area contributed by atoms with Gasteiger partial charge in [-0.2, -0.15) is 0 Å². The SMILES string of the molecule is CC(C)(C)OC(=O)OC1/C=C/CCCCC1OC(C)(C)C. The maximum absolute atomic E-state index is 11.9. The van der Waals surface area contributed by atoms with Crippen LogP contribution in [0.1, 0.15) is 67.2 Å². The summed E-state index contributed by atoms with van der Waals surface area (Å²) >= 11 is 0. The van der Waals surface area contributed by atoms with Crippen LogP contribution >= 0.6 is 0 Å². The summed E-state index contributed by atoms with van der Waals surface area (Å²) in [6.07, 6.45) is 6.94. The van der Waals surface area contributed by atoms with Crippen LogP contribution in [0.5, 0.6) is 0 Å². The van der Waals surface area contributed by atoms with Crippen molar-refractivity contribution in [2.75, 3.05) is 0 Å². The van der Waals surface area contributed by atoms with Gasteiger partial charge in [0, 0.05) is 0 Å². The first kappa shape index (κ1) is 18.0. The van der Waals surface area contributed by atoms with Crippen molar-refractivity contribution in [2.45, 2.75) is 90.6 Å². The summed E-state index contributed by atoms with van der Waals surface area (Å²) in [6, 6.07) is 0. The van der Waals surface area contributed by atoms with Gasteiger partial charge in [0.1, 0.15) is 11.7 Å². The molecule has 0 heterocycles. The molecule has 1 aliphatic carbocycles. The van der Waals surface area contributed by atoms with E-state index in [4.69, 9.17) is 14.2 Å². The second-order valence-corrected chi connectivity index (χ2v) is 7.53. The highest BCUT2D eigenvalue weighted by molar-refractivity contribution is 5.61. The number of hydrogen-bond donors (Lipinski definition) is 0. The monoisotopic (exact) mass is 298 g/mol. The highest BCUT2D eigenvalue weighted by Gasteiger charge is 2.30. The summed E-state index contributed by atoms with van der Waals surface area (Å²) < 4.78 is 16.8. The van der Waals surface area contributed by atoms with Gasteiger partial charge in [0.2, 0.25) is 0 Å². The molecule has 21 heavy (non-hydrogen) atoms. The molecule has 1 aliphatic rings. The number of ether oxygens (including phenoxy) is 3. The first-order valence-corrected chi connectivity index (χ1v) is 7.81. The fraction of sp³-hybridized carbons (Fsp3) is 0.824. The van der Waals surface area contributed by atoms with E-state index in [2.05, 4.69) is 6.08 Å². The first-order chi connectivity index (χ1) is 9.57. The Labute approximate surface area is 128 Å². The van der Waals surface area contributed by atoms with Crippen molar-refractivity contribution in [2.24, 2.45) is 0 Å². The van der Waals surface area contributed by atoms with Crippen molar-refractivity contribution < 1.29 is 19.0 Å². The molecule has 4 nitrogen and oxygen atoms in total. The van der Waals surface area contributed by atoms with E-state index < -0.39 is 11.8 Å².